The number of nitrogens with two attached hydrogens (primary N) is 1. The number of halogens is 2. The zero-order chi connectivity index (χ0) is 14.6. The molecule has 0 heterocycles. The number of likely N-dealkylation sites (N-methyl/N-ethyl adjacent to an activating group) is 1. The number of primary amides is 1. The van der Waals surface area contributed by atoms with Gasteiger partial charge in [-0.05, 0) is 38.6 Å². The highest BCUT2D eigenvalue weighted by atomic mass is 32.2. The molecule has 0 aromatic heterocycles. The highest BCUT2D eigenvalue weighted by Crippen LogP contribution is 2.29. The first-order chi connectivity index (χ1) is 8.78. The van der Waals surface area contributed by atoms with Crippen LogP contribution in [0.2, 0.25) is 0 Å². The number of benzene rings is 1. The Morgan fingerprint density at radius 1 is 1.47 bits per heavy atom. The Labute approximate surface area is 115 Å². The molecule has 1 aromatic rings. The summed E-state index contributed by atoms with van der Waals surface area (Å²) < 4.78 is 25.9. The summed E-state index contributed by atoms with van der Waals surface area (Å²) >= 11 is 1.37. The number of nitrogens with one attached hydrogen (secondary N) is 1. The van der Waals surface area contributed by atoms with E-state index in [2.05, 4.69) is 5.32 Å². The van der Waals surface area contributed by atoms with Gasteiger partial charge in [0.05, 0.1) is 5.54 Å². The van der Waals surface area contributed by atoms with Crippen LogP contribution >= 0.6 is 11.8 Å². The first-order valence-corrected chi connectivity index (χ1v) is 6.77. The van der Waals surface area contributed by atoms with E-state index in [0.717, 1.165) is 12.1 Å². The number of hydrogen-bond donors (Lipinski definition) is 2. The van der Waals surface area contributed by atoms with E-state index in [0.29, 0.717) is 11.3 Å². The number of rotatable bonds is 6. The molecule has 0 bridgehead atoms. The van der Waals surface area contributed by atoms with Gasteiger partial charge < -0.3 is 11.1 Å². The summed E-state index contributed by atoms with van der Waals surface area (Å²) in [7, 11) is 1.67. The van der Waals surface area contributed by atoms with Crippen molar-refractivity contribution in [2.75, 3.05) is 7.05 Å². The highest BCUT2D eigenvalue weighted by Gasteiger charge is 2.31. The van der Waals surface area contributed by atoms with E-state index < -0.39 is 23.1 Å². The fourth-order valence-electron chi connectivity index (χ4n) is 1.72. The van der Waals surface area contributed by atoms with E-state index >= 15 is 0 Å². The molecule has 3 N–H and O–H groups in total. The van der Waals surface area contributed by atoms with Crippen molar-refractivity contribution in [2.45, 2.75) is 36.0 Å². The van der Waals surface area contributed by atoms with Gasteiger partial charge >= 0.3 is 0 Å². The monoisotopic (exact) mass is 288 g/mol. The summed E-state index contributed by atoms with van der Waals surface area (Å²) in [6.45, 7) is 3.63. The lowest BCUT2D eigenvalue weighted by Gasteiger charge is -2.28. The second-order valence-corrected chi connectivity index (χ2v) is 6.17. The molecule has 0 fully saturated rings. The molecule has 1 amide bonds. The van der Waals surface area contributed by atoms with Gasteiger partial charge in [0.1, 0.15) is 0 Å². The third-order valence-corrected chi connectivity index (χ3v) is 4.11. The van der Waals surface area contributed by atoms with Gasteiger partial charge in [0.25, 0.3) is 0 Å². The zero-order valence-electron chi connectivity index (χ0n) is 11.2. The Hall–Kier alpha value is -1.14. The van der Waals surface area contributed by atoms with Crippen molar-refractivity contribution >= 4 is 17.7 Å². The minimum atomic E-state index is -0.872. The van der Waals surface area contributed by atoms with Crippen LogP contribution in [0.1, 0.15) is 20.3 Å². The van der Waals surface area contributed by atoms with E-state index in [-0.39, 0.29) is 5.25 Å². The standard InChI is InChI=1S/C13H18F2N2OS/c1-8(7-13(2,17-3)12(16)18)19-9-4-5-10(14)11(15)6-9/h4-6,8,17H,7H2,1-3H3,(H2,16,18). The molecule has 2 unspecified atom stereocenters. The van der Waals surface area contributed by atoms with Crippen molar-refractivity contribution < 1.29 is 13.6 Å². The van der Waals surface area contributed by atoms with Crippen molar-refractivity contribution in [3.63, 3.8) is 0 Å². The summed E-state index contributed by atoms with van der Waals surface area (Å²) in [4.78, 5) is 12.0. The summed E-state index contributed by atoms with van der Waals surface area (Å²) in [6, 6.07) is 3.76. The zero-order valence-corrected chi connectivity index (χ0v) is 12.0. The molecule has 0 aliphatic rings. The van der Waals surface area contributed by atoms with Crippen LogP contribution in [0, 0.1) is 11.6 Å². The lowest BCUT2D eigenvalue weighted by Crippen LogP contribution is -2.52. The molecule has 0 aliphatic carbocycles. The van der Waals surface area contributed by atoms with Gasteiger partial charge in [-0.25, -0.2) is 8.78 Å². The van der Waals surface area contributed by atoms with Gasteiger partial charge in [-0.2, -0.15) is 0 Å². The SMILES string of the molecule is CNC(C)(CC(C)Sc1ccc(F)c(F)c1)C(N)=O. The quantitative estimate of drug-likeness (QED) is 0.790. The van der Waals surface area contributed by atoms with Gasteiger partial charge in [-0.3, -0.25) is 4.79 Å². The number of thioether (sulfide) groups is 1. The molecule has 0 spiro atoms. The Bertz CT molecular complexity index is 470. The molecule has 0 saturated carbocycles. The maximum atomic E-state index is 13.1. The van der Waals surface area contributed by atoms with Crippen molar-refractivity contribution in [1.82, 2.24) is 5.32 Å². The molecular formula is C13H18F2N2OS. The first-order valence-electron chi connectivity index (χ1n) is 5.89. The topological polar surface area (TPSA) is 55.1 Å². The first kappa shape index (κ1) is 15.9. The summed E-state index contributed by atoms with van der Waals surface area (Å²) in [5.41, 5.74) is 4.53. The second kappa shape index (κ2) is 6.34. The van der Waals surface area contributed by atoms with Crippen LogP contribution in [0.4, 0.5) is 8.78 Å². The fourth-order valence-corrected chi connectivity index (χ4v) is 2.92. The molecule has 3 nitrogen and oxygen atoms in total. The molecular weight excluding hydrogens is 270 g/mol. The smallest absolute Gasteiger partial charge is 0.237 e. The number of hydrogen-bond acceptors (Lipinski definition) is 3. The Kier molecular flexibility index (Phi) is 5.31. The molecule has 1 rings (SSSR count). The molecule has 2 atom stereocenters. The third-order valence-electron chi connectivity index (χ3n) is 3.02. The molecule has 0 saturated heterocycles. The summed E-state index contributed by atoms with van der Waals surface area (Å²) in [6.07, 6.45) is 0.489. The fraction of sp³-hybridized carbons (Fsp3) is 0.462. The molecule has 19 heavy (non-hydrogen) atoms. The van der Waals surface area contributed by atoms with E-state index in [4.69, 9.17) is 5.73 Å². The number of carbonyl (C=O) groups is 1. The third kappa shape index (κ3) is 4.18. The minimum absolute atomic E-state index is 0.0230. The van der Waals surface area contributed by atoms with Crippen LogP contribution in [-0.4, -0.2) is 23.7 Å². The van der Waals surface area contributed by atoms with Crippen molar-refractivity contribution in [3.05, 3.63) is 29.8 Å². The van der Waals surface area contributed by atoms with Gasteiger partial charge in [0, 0.05) is 10.1 Å². The van der Waals surface area contributed by atoms with Crippen molar-refractivity contribution in [3.8, 4) is 0 Å². The predicted molar refractivity (Wildman–Crippen MR) is 73.0 cm³/mol. The highest BCUT2D eigenvalue weighted by molar-refractivity contribution is 7.99. The second-order valence-electron chi connectivity index (χ2n) is 4.65. The van der Waals surface area contributed by atoms with Crippen molar-refractivity contribution in [2.24, 2.45) is 5.73 Å². The number of amides is 1. The molecule has 106 valence electrons. The molecule has 1 aromatic carbocycles. The van der Waals surface area contributed by atoms with Gasteiger partial charge in [0.2, 0.25) is 5.91 Å². The Balaban J connectivity index is 2.71. The molecule has 0 radical (unpaired) electrons. The number of carbonyl (C=O) groups excluding carboxylic acids is 1. The van der Waals surface area contributed by atoms with E-state index in [1.54, 1.807) is 14.0 Å². The van der Waals surface area contributed by atoms with Gasteiger partial charge in [-0.1, -0.05) is 6.92 Å². The largest absolute Gasteiger partial charge is 0.368 e. The van der Waals surface area contributed by atoms with Crippen molar-refractivity contribution in [1.29, 1.82) is 0 Å². The minimum Gasteiger partial charge on any atom is -0.368 e. The van der Waals surface area contributed by atoms with E-state index in [1.165, 1.54) is 17.8 Å². The van der Waals surface area contributed by atoms with Crippen LogP contribution in [0.15, 0.2) is 23.1 Å². The predicted octanol–water partition coefficient (Wildman–Crippen LogP) is 2.30. The summed E-state index contributed by atoms with van der Waals surface area (Å²) in [5, 5.41) is 2.92. The maximum absolute atomic E-state index is 13.1. The van der Waals surface area contributed by atoms with Crippen LogP contribution < -0.4 is 11.1 Å². The normalized spacial score (nSPS) is 15.8. The van der Waals surface area contributed by atoms with Crippen LogP contribution in [0.3, 0.4) is 0 Å². The van der Waals surface area contributed by atoms with Crippen LogP contribution in [0.5, 0.6) is 0 Å². The van der Waals surface area contributed by atoms with E-state index in [9.17, 15) is 13.6 Å². The average Bonchev–Trinajstić information content (AvgIpc) is 2.33. The Morgan fingerprint density at radius 2 is 2.11 bits per heavy atom. The van der Waals surface area contributed by atoms with Gasteiger partial charge in [0.15, 0.2) is 11.6 Å². The van der Waals surface area contributed by atoms with Crippen LogP contribution in [0.25, 0.3) is 0 Å². The van der Waals surface area contributed by atoms with Crippen LogP contribution in [-0.2, 0) is 4.79 Å². The lowest BCUT2D eigenvalue weighted by molar-refractivity contribution is -0.123. The molecule has 6 heteroatoms. The Morgan fingerprint density at radius 3 is 2.58 bits per heavy atom. The summed E-state index contributed by atoms with van der Waals surface area (Å²) in [5.74, 6) is -2.18. The maximum Gasteiger partial charge on any atom is 0.237 e. The lowest BCUT2D eigenvalue weighted by atomic mass is 9.95. The molecule has 0 aliphatic heterocycles. The van der Waals surface area contributed by atoms with Gasteiger partial charge in [-0.15, -0.1) is 11.8 Å². The van der Waals surface area contributed by atoms with E-state index in [1.807, 2.05) is 6.92 Å². The average molecular weight is 288 g/mol.